The molecule has 3 N–H and O–H groups in total. The third-order valence-corrected chi connectivity index (χ3v) is 8.49. The molecule has 3 saturated carbocycles. The zero-order valence-electron chi connectivity index (χ0n) is 19.4. The number of hydrogen-bond acceptors (Lipinski definition) is 6. The van der Waals surface area contributed by atoms with E-state index in [9.17, 15) is 19.8 Å². The Bertz CT molecular complexity index is 856. The standard InChI is InChI=1S/C25H36N2O5/c1-14-19-9-18(25(19,3)4)10-20(14)26-24(31)23-22(15(2)30)21(13-29)32-27(23)11-16-6-5-7-17(8-16)12-28/h5-8,12,14-15,18-23,29-30H,9-11,13H2,1-4H3,(H,26,31)/t14-,15-,18+,19+,20-,21-,22?,23-/m0/s1. The Morgan fingerprint density at radius 2 is 2.12 bits per heavy atom. The lowest BCUT2D eigenvalue weighted by atomic mass is 9.45. The summed E-state index contributed by atoms with van der Waals surface area (Å²) in [6.45, 7) is 8.50. The minimum absolute atomic E-state index is 0.0994. The molecule has 32 heavy (non-hydrogen) atoms. The summed E-state index contributed by atoms with van der Waals surface area (Å²) in [5.74, 6) is 0.881. The van der Waals surface area contributed by atoms with Crippen LogP contribution in [0.3, 0.4) is 0 Å². The van der Waals surface area contributed by atoms with Crippen molar-refractivity contribution in [2.24, 2.45) is 29.1 Å². The molecular weight excluding hydrogens is 408 g/mol. The molecule has 1 unspecified atom stereocenters. The maximum absolute atomic E-state index is 13.6. The molecule has 2 bridgehead atoms. The van der Waals surface area contributed by atoms with Gasteiger partial charge in [-0.05, 0) is 54.6 Å². The zero-order valence-corrected chi connectivity index (χ0v) is 19.4. The fraction of sp³-hybridized carbons (Fsp3) is 0.680. The Labute approximate surface area is 190 Å². The smallest absolute Gasteiger partial charge is 0.240 e. The molecule has 1 aliphatic heterocycles. The molecule has 4 aliphatic rings. The van der Waals surface area contributed by atoms with Gasteiger partial charge in [0.05, 0.1) is 19.3 Å². The number of aliphatic hydroxyl groups excluding tert-OH is 2. The second-order valence-corrected chi connectivity index (χ2v) is 10.6. The molecule has 1 aromatic rings. The highest BCUT2D eigenvalue weighted by atomic mass is 16.7. The minimum atomic E-state index is -0.828. The van der Waals surface area contributed by atoms with E-state index < -0.39 is 24.2 Å². The summed E-state index contributed by atoms with van der Waals surface area (Å²) < 4.78 is 0. The van der Waals surface area contributed by atoms with Crippen LogP contribution in [0.5, 0.6) is 0 Å². The number of carbonyl (C=O) groups excluding carboxylic acids is 2. The number of aliphatic hydroxyl groups is 2. The Morgan fingerprint density at radius 3 is 2.72 bits per heavy atom. The molecule has 0 spiro atoms. The number of fused-ring (bicyclic) bond motifs is 2. The number of rotatable bonds is 7. The van der Waals surface area contributed by atoms with Crippen LogP contribution >= 0.6 is 0 Å². The molecule has 0 aromatic heterocycles. The van der Waals surface area contributed by atoms with E-state index in [0.29, 0.717) is 28.7 Å². The summed E-state index contributed by atoms with van der Waals surface area (Å²) in [6.07, 6.45) is 1.48. The fourth-order valence-electron chi connectivity index (χ4n) is 6.43. The highest BCUT2D eigenvalue weighted by molar-refractivity contribution is 5.83. The van der Waals surface area contributed by atoms with Gasteiger partial charge in [-0.15, -0.1) is 0 Å². The Balaban J connectivity index is 1.54. The van der Waals surface area contributed by atoms with Crippen LogP contribution in [0.2, 0.25) is 0 Å². The SMILES string of the molecule is C[C@@H]1[C@@H](NC(=O)[C@@H]2C([C@H](C)O)[C@H](CO)ON2Cc2cccc(C=O)c2)C[C@H]2C[C@H]1C2(C)C. The number of hydrogen-bond donors (Lipinski definition) is 3. The van der Waals surface area contributed by atoms with Gasteiger partial charge in [-0.25, -0.2) is 0 Å². The van der Waals surface area contributed by atoms with Crippen molar-refractivity contribution in [2.45, 2.75) is 71.4 Å². The van der Waals surface area contributed by atoms with Gasteiger partial charge in [0.25, 0.3) is 0 Å². The Hall–Kier alpha value is -1.80. The first kappa shape index (κ1) is 23.4. The normalized spacial score (nSPS) is 36.9. The third-order valence-electron chi connectivity index (χ3n) is 8.49. The molecule has 4 fully saturated rings. The first-order valence-electron chi connectivity index (χ1n) is 11.7. The highest BCUT2D eigenvalue weighted by Gasteiger charge is 2.57. The molecule has 176 valence electrons. The molecule has 7 heteroatoms. The number of aldehydes is 1. The number of nitrogens with one attached hydrogen (secondary N) is 1. The van der Waals surface area contributed by atoms with Crippen LogP contribution < -0.4 is 5.32 Å². The van der Waals surface area contributed by atoms with Crippen LogP contribution in [0.15, 0.2) is 24.3 Å². The van der Waals surface area contributed by atoms with Gasteiger partial charge in [-0.3, -0.25) is 14.4 Å². The van der Waals surface area contributed by atoms with Crippen molar-refractivity contribution >= 4 is 12.2 Å². The van der Waals surface area contributed by atoms with E-state index in [2.05, 4.69) is 26.1 Å². The topological polar surface area (TPSA) is 99.1 Å². The van der Waals surface area contributed by atoms with Crippen LogP contribution in [-0.4, -0.2) is 58.4 Å². The zero-order chi connectivity index (χ0) is 23.2. The van der Waals surface area contributed by atoms with Crippen molar-refractivity contribution in [1.82, 2.24) is 10.4 Å². The molecule has 8 atom stereocenters. The largest absolute Gasteiger partial charge is 0.394 e. The quantitative estimate of drug-likeness (QED) is 0.558. The van der Waals surface area contributed by atoms with Gasteiger partial charge >= 0.3 is 0 Å². The van der Waals surface area contributed by atoms with Gasteiger partial charge in [0, 0.05) is 17.5 Å². The molecule has 1 aromatic carbocycles. The third kappa shape index (κ3) is 4.00. The van der Waals surface area contributed by atoms with E-state index >= 15 is 0 Å². The first-order valence-corrected chi connectivity index (χ1v) is 11.7. The Morgan fingerprint density at radius 1 is 1.38 bits per heavy atom. The number of nitrogens with zero attached hydrogens (tertiary/aromatic N) is 1. The number of amides is 1. The van der Waals surface area contributed by atoms with Crippen LogP contribution in [0.25, 0.3) is 0 Å². The van der Waals surface area contributed by atoms with E-state index in [4.69, 9.17) is 4.84 Å². The molecule has 1 amide bonds. The second-order valence-electron chi connectivity index (χ2n) is 10.6. The van der Waals surface area contributed by atoms with Gasteiger partial charge in [-0.2, -0.15) is 5.06 Å². The predicted octanol–water partition coefficient (Wildman–Crippen LogP) is 2.16. The summed E-state index contributed by atoms with van der Waals surface area (Å²) in [5.41, 5.74) is 1.70. The van der Waals surface area contributed by atoms with Crippen molar-refractivity contribution in [3.05, 3.63) is 35.4 Å². The summed E-state index contributed by atoms with van der Waals surface area (Å²) in [6, 6.07) is 6.50. The molecule has 7 nitrogen and oxygen atoms in total. The van der Waals surface area contributed by atoms with Gasteiger partial charge in [-0.1, -0.05) is 39.0 Å². The maximum Gasteiger partial charge on any atom is 0.240 e. The lowest BCUT2D eigenvalue weighted by molar-refractivity contribution is -0.183. The van der Waals surface area contributed by atoms with Crippen LogP contribution in [-0.2, 0) is 16.2 Å². The minimum Gasteiger partial charge on any atom is -0.394 e. The summed E-state index contributed by atoms with van der Waals surface area (Å²) in [7, 11) is 0. The van der Waals surface area contributed by atoms with Gasteiger partial charge < -0.3 is 15.5 Å². The van der Waals surface area contributed by atoms with Crippen molar-refractivity contribution in [3.8, 4) is 0 Å². The highest BCUT2D eigenvalue weighted by Crippen LogP contribution is 2.61. The lowest BCUT2D eigenvalue weighted by Gasteiger charge is -2.62. The second kappa shape index (κ2) is 8.86. The molecule has 0 radical (unpaired) electrons. The number of hydroxylamine groups is 2. The predicted molar refractivity (Wildman–Crippen MR) is 119 cm³/mol. The van der Waals surface area contributed by atoms with E-state index in [1.807, 2.05) is 6.07 Å². The van der Waals surface area contributed by atoms with Crippen molar-refractivity contribution in [2.75, 3.05) is 6.61 Å². The summed E-state index contributed by atoms with van der Waals surface area (Å²) in [4.78, 5) is 30.7. The van der Waals surface area contributed by atoms with E-state index in [-0.39, 0.29) is 25.1 Å². The molecule has 1 saturated heterocycles. The van der Waals surface area contributed by atoms with Gasteiger partial charge in [0.1, 0.15) is 18.4 Å². The fourth-order valence-corrected chi connectivity index (χ4v) is 6.43. The van der Waals surface area contributed by atoms with Gasteiger partial charge in [0.2, 0.25) is 5.91 Å². The van der Waals surface area contributed by atoms with E-state index in [1.165, 1.54) is 6.42 Å². The molecule has 3 aliphatic carbocycles. The average Bonchev–Trinajstić information content (AvgIpc) is 3.13. The molecular formula is C25H36N2O5. The molecule has 1 heterocycles. The van der Waals surface area contributed by atoms with Crippen LogP contribution in [0.4, 0.5) is 0 Å². The van der Waals surface area contributed by atoms with Gasteiger partial charge in [0.15, 0.2) is 0 Å². The monoisotopic (exact) mass is 444 g/mol. The van der Waals surface area contributed by atoms with Crippen LogP contribution in [0, 0.1) is 29.1 Å². The Kier molecular flexibility index (Phi) is 6.47. The average molecular weight is 445 g/mol. The van der Waals surface area contributed by atoms with Crippen LogP contribution in [0.1, 0.15) is 56.5 Å². The van der Waals surface area contributed by atoms with Crippen molar-refractivity contribution in [1.29, 1.82) is 0 Å². The molecule has 5 rings (SSSR count). The van der Waals surface area contributed by atoms with E-state index in [1.54, 1.807) is 30.2 Å². The lowest BCUT2D eigenvalue weighted by Crippen LogP contribution is -2.62. The van der Waals surface area contributed by atoms with E-state index in [0.717, 1.165) is 18.3 Å². The van der Waals surface area contributed by atoms with Crippen molar-refractivity contribution in [3.63, 3.8) is 0 Å². The summed E-state index contributed by atoms with van der Waals surface area (Å²) in [5, 5.41) is 25.2. The number of carbonyl (C=O) groups is 2. The first-order chi connectivity index (χ1) is 15.2. The number of benzene rings is 1. The summed E-state index contributed by atoms with van der Waals surface area (Å²) >= 11 is 0. The maximum atomic E-state index is 13.6. The van der Waals surface area contributed by atoms with Crippen molar-refractivity contribution < 1.29 is 24.6 Å².